The minimum Gasteiger partial charge on any atom is -0.480 e. The van der Waals surface area contributed by atoms with Gasteiger partial charge in [-0.3, -0.25) is 9.59 Å². The predicted molar refractivity (Wildman–Crippen MR) is 90.2 cm³/mol. The first kappa shape index (κ1) is 17.5. The van der Waals surface area contributed by atoms with E-state index in [1.165, 1.54) is 23.1 Å². The second-order valence-electron chi connectivity index (χ2n) is 7.51. The zero-order valence-electron chi connectivity index (χ0n) is 14.0. The molecule has 0 radical (unpaired) electrons. The Balaban J connectivity index is 1.64. The van der Waals surface area contributed by atoms with Gasteiger partial charge in [-0.2, -0.15) is 0 Å². The fourth-order valence-corrected chi connectivity index (χ4v) is 5.73. The highest BCUT2D eigenvalue weighted by atomic mass is 32.2. The Bertz CT molecular complexity index is 562. The quantitative estimate of drug-likeness (QED) is 0.634. The summed E-state index contributed by atoms with van der Waals surface area (Å²) in [5.74, 6) is -1.46. The number of carbonyl (C=O) groups is 3. The van der Waals surface area contributed by atoms with Crippen molar-refractivity contribution in [2.75, 3.05) is 0 Å². The lowest BCUT2D eigenvalue weighted by molar-refractivity contribution is -0.161. The molecule has 2 amide bonds. The third-order valence-corrected chi connectivity index (χ3v) is 7.00. The molecule has 8 heteroatoms. The number of carboxylic acid groups (broad SMARTS) is 1. The van der Waals surface area contributed by atoms with E-state index in [9.17, 15) is 19.5 Å². The van der Waals surface area contributed by atoms with Crippen LogP contribution in [-0.4, -0.2) is 56.0 Å². The molecule has 0 aromatic heterocycles. The maximum absolute atomic E-state index is 12.4. The number of nitrogens with zero attached hydrogens (tertiary/aromatic N) is 1. The second-order valence-corrected chi connectivity index (χ2v) is 9.28. The number of carboxylic acids is 1. The zero-order valence-corrected chi connectivity index (χ0v) is 14.8. The van der Waals surface area contributed by atoms with Gasteiger partial charge in [0.1, 0.15) is 17.5 Å². The lowest BCUT2D eigenvalue weighted by Crippen LogP contribution is -2.71. The van der Waals surface area contributed by atoms with E-state index in [0.29, 0.717) is 0 Å². The SMILES string of the molecule is CC1(C)S[C@@H]2C(NC(=O)C(N)C3CCCCC3)C(=O)N2[C@H]1C(=O)O. The van der Waals surface area contributed by atoms with Gasteiger partial charge in [0.25, 0.3) is 0 Å². The van der Waals surface area contributed by atoms with Crippen molar-refractivity contribution in [3.8, 4) is 0 Å². The van der Waals surface area contributed by atoms with Crippen molar-refractivity contribution < 1.29 is 19.5 Å². The van der Waals surface area contributed by atoms with Crippen molar-refractivity contribution in [1.82, 2.24) is 10.2 Å². The number of hydrogen-bond donors (Lipinski definition) is 3. The molecule has 1 aliphatic carbocycles. The van der Waals surface area contributed by atoms with E-state index in [1.54, 1.807) is 0 Å². The highest BCUT2D eigenvalue weighted by Gasteiger charge is 2.64. The van der Waals surface area contributed by atoms with Crippen molar-refractivity contribution in [2.24, 2.45) is 11.7 Å². The third-order valence-electron chi connectivity index (χ3n) is 5.43. The summed E-state index contributed by atoms with van der Waals surface area (Å²) in [6.07, 6.45) is 5.27. The summed E-state index contributed by atoms with van der Waals surface area (Å²) < 4.78 is -0.586. The van der Waals surface area contributed by atoms with Crippen LogP contribution >= 0.6 is 11.8 Å². The van der Waals surface area contributed by atoms with Crippen molar-refractivity contribution >= 4 is 29.5 Å². The number of β-lactam (4-membered cyclic amide) rings is 1. The van der Waals surface area contributed by atoms with Crippen LogP contribution in [-0.2, 0) is 14.4 Å². The van der Waals surface area contributed by atoms with E-state index in [2.05, 4.69) is 5.32 Å². The molecule has 2 saturated heterocycles. The van der Waals surface area contributed by atoms with E-state index < -0.39 is 28.8 Å². The Morgan fingerprint density at radius 2 is 1.96 bits per heavy atom. The summed E-state index contributed by atoms with van der Waals surface area (Å²) in [7, 11) is 0. The van der Waals surface area contributed by atoms with E-state index in [0.717, 1.165) is 25.7 Å². The maximum atomic E-state index is 12.4. The van der Waals surface area contributed by atoms with Gasteiger partial charge in [-0.05, 0) is 32.6 Å². The fraction of sp³-hybridized carbons (Fsp3) is 0.812. The predicted octanol–water partition coefficient (Wildman–Crippen LogP) is 0.526. The van der Waals surface area contributed by atoms with Gasteiger partial charge < -0.3 is 21.1 Å². The van der Waals surface area contributed by atoms with Gasteiger partial charge >= 0.3 is 5.97 Å². The highest BCUT2D eigenvalue weighted by Crippen LogP contribution is 2.50. The van der Waals surface area contributed by atoms with Crippen LogP contribution in [0.5, 0.6) is 0 Å². The first-order valence-corrected chi connectivity index (χ1v) is 9.41. The molecule has 4 N–H and O–H groups in total. The Hall–Kier alpha value is -1.28. The molecular formula is C16H25N3O4S. The van der Waals surface area contributed by atoms with Crippen molar-refractivity contribution in [1.29, 1.82) is 0 Å². The summed E-state index contributed by atoms with van der Waals surface area (Å²) in [5.41, 5.74) is 6.09. The van der Waals surface area contributed by atoms with E-state index >= 15 is 0 Å². The number of rotatable bonds is 4. The summed E-state index contributed by atoms with van der Waals surface area (Å²) in [4.78, 5) is 37.7. The molecule has 4 atom stereocenters. The van der Waals surface area contributed by atoms with Crippen molar-refractivity contribution in [2.45, 2.75) is 74.2 Å². The van der Waals surface area contributed by atoms with Gasteiger partial charge in [0, 0.05) is 4.75 Å². The van der Waals surface area contributed by atoms with Gasteiger partial charge in [-0.25, -0.2) is 4.79 Å². The zero-order chi connectivity index (χ0) is 17.6. The molecule has 3 fully saturated rings. The first-order chi connectivity index (χ1) is 11.2. The smallest absolute Gasteiger partial charge is 0.327 e. The Labute approximate surface area is 145 Å². The van der Waals surface area contributed by atoms with E-state index in [4.69, 9.17) is 5.73 Å². The van der Waals surface area contributed by atoms with Gasteiger partial charge in [-0.15, -0.1) is 11.8 Å². The summed E-state index contributed by atoms with van der Waals surface area (Å²) in [5, 5.41) is 11.8. The van der Waals surface area contributed by atoms with E-state index in [-0.39, 0.29) is 23.1 Å². The largest absolute Gasteiger partial charge is 0.480 e. The number of carbonyl (C=O) groups excluding carboxylic acids is 2. The van der Waals surface area contributed by atoms with Crippen LogP contribution in [0.1, 0.15) is 46.0 Å². The highest BCUT2D eigenvalue weighted by molar-refractivity contribution is 8.01. The number of hydrogen-bond acceptors (Lipinski definition) is 5. The minimum absolute atomic E-state index is 0.171. The first-order valence-electron chi connectivity index (χ1n) is 8.53. The number of nitrogens with two attached hydrogens (primary N) is 1. The lowest BCUT2D eigenvalue weighted by atomic mass is 9.84. The van der Waals surface area contributed by atoms with Crippen LogP contribution in [0.4, 0.5) is 0 Å². The summed E-state index contributed by atoms with van der Waals surface area (Å²) in [6, 6.07) is -2.12. The average Bonchev–Trinajstić information content (AvgIpc) is 2.80. The second kappa shape index (κ2) is 6.22. The van der Waals surface area contributed by atoms with Crippen molar-refractivity contribution in [3.63, 3.8) is 0 Å². The summed E-state index contributed by atoms with van der Waals surface area (Å²) >= 11 is 1.42. The molecule has 0 bridgehead atoms. The van der Waals surface area contributed by atoms with Crippen LogP contribution in [0.15, 0.2) is 0 Å². The normalized spacial score (nSPS) is 33.5. The van der Waals surface area contributed by atoms with Gasteiger partial charge in [0.15, 0.2) is 0 Å². The Morgan fingerprint density at radius 1 is 1.33 bits per heavy atom. The molecule has 3 aliphatic rings. The number of aliphatic carboxylic acids is 1. The number of nitrogens with one attached hydrogen (secondary N) is 1. The van der Waals surface area contributed by atoms with Gasteiger partial charge in [0.05, 0.1) is 6.04 Å². The molecule has 3 rings (SSSR count). The third kappa shape index (κ3) is 2.79. The standard InChI is InChI=1S/C16H25N3O4S/c1-16(2)11(15(22)23)19-13(21)10(14(19)24-16)18-12(20)9(17)8-6-4-3-5-7-8/h8-11,14H,3-7,17H2,1-2H3,(H,18,20)(H,22,23)/t9?,10?,11-,14+/m0/s1. The number of thioether (sulfide) groups is 1. The monoisotopic (exact) mass is 355 g/mol. The van der Waals surface area contributed by atoms with Gasteiger partial charge in [0.2, 0.25) is 11.8 Å². The molecule has 2 heterocycles. The Morgan fingerprint density at radius 3 is 2.54 bits per heavy atom. The lowest BCUT2D eigenvalue weighted by Gasteiger charge is -2.44. The van der Waals surface area contributed by atoms with Crippen LogP contribution in [0, 0.1) is 5.92 Å². The molecule has 2 unspecified atom stereocenters. The number of fused-ring (bicyclic) bond motifs is 1. The molecule has 0 aromatic carbocycles. The maximum Gasteiger partial charge on any atom is 0.327 e. The van der Waals surface area contributed by atoms with Crippen LogP contribution in [0.2, 0.25) is 0 Å². The molecule has 0 spiro atoms. The average molecular weight is 355 g/mol. The fourth-order valence-electron chi connectivity index (χ4n) is 4.10. The molecular weight excluding hydrogens is 330 g/mol. The molecule has 1 saturated carbocycles. The summed E-state index contributed by atoms with van der Waals surface area (Å²) in [6.45, 7) is 3.63. The molecule has 7 nitrogen and oxygen atoms in total. The molecule has 24 heavy (non-hydrogen) atoms. The molecule has 0 aromatic rings. The molecule has 2 aliphatic heterocycles. The van der Waals surface area contributed by atoms with Crippen LogP contribution in [0.3, 0.4) is 0 Å². The Kier molecular flexibility index (Phi) is 4.55. The van der Waals surface area contributed by atoms with Gasteiger partial charge in [-0.1, -0.05) is 19.3 Å². The minimum atomic E-state index is -1.01. The topological polar surface area (TPSA) is 113 Å². The molecule has 134 valence electrons. The van der Waals surface area contributed by atoms with E-state index in [1.807, 2.05) is 13.8 Å². The van der Waals surface area contributed by atoms with Crippen LogP contribution < -0.4 is 11.1 Å². The number of amides is 2. The van der Waals surface area contributed by atoms with Crippen molar-refractivity contribution in [3.05, 3.63) is 0 Å². The van der Waals surface area contributed by atoms with Crippen LogP contribution in [0.25, 0.3) is 0 Å².